The van der Waals surface area contributed by atoms with Crippen molar-refractivity contribution < 1.29 is 4.74 Å². The van der Waals surface area contributed by atoms with E-state index in [1.807, 2.05) is 44.2 Å². The summed E-state index contributed by atoms with van der Waals surface area (Å²) in [6, 6.07) is 9.58. The van der Waals surface area contributed by atoms with Crippen LogP contribution in [0.25, 0.3) is 0 Å². The molecule has 0 radical (unpaired) electrons. The fourth-order valence-corrected chi connectivity index (χ4v) is 2.06. The van der Waals surface area contributed by atoms with E-state index in [2.05, 4.69) is 4.98 Å². The highest BCUT2D eigenvalue weighted by Gasteiger charge is 2.09. The molecule has 2 N–H and O–H groups in total. The number of nitrogens with two attached hydrogens (primary N) is 1. The van der Waals surface area contributed by atoms with Crippen LogP contribution in [-0.2, 0) is 13.2 Å². The molecule has 0 amide bonds. The van der Waals surface area contributed by atoms with Crippen LogP contribution in [0.4, 0.5) is 0 Å². The first-order valence-corrected chi connectivity index (χ1v) is 6.52. The quantitative estimate of drug-likeness (QED) is 0.931. The molecule has 2 rings (SSSR count). The van der Waals surface area contributed by atoms with Gasteiger partial charge in [0.25, 0.3) is 0 Å². The molecule has 0 saturated heterocycles. The predicted molar refractivity (Wildman–Crippen MR) is 77.4 cm³/mol. The molecular weight excluding hydrogens is 260 g/mol. The van der Waals surface area contributed by atoms with Crippen LogP contribution in [-0.4, -0.2) is 4.98 Å². The summed E-state index contributed by atoms with van der Waals surface area (Å²) in [6.07, 6.45) is 0. The van der Waals surface area contributed by atoms with Gasteiger partial charge in [0.2, 0.25) is 5.88 Å². The second kappa shape index (κ2) is 6.04. The molecule has 0 spiro atoms. The lowest BCUT2D eigenvalue weighted by atomic mass is 10.1. The molecule has 4 heteroatoms. The molecule has 1 aromatic carbocycles. The monoisotopic (exact) mass is 276 g/mol. The number of hydrogen-bond donors (Lipinski definition) is 1. The lowest BCUT2D eigenvalue weighted by molar-refractivity contribution is 0.289. The van der Waals surface area contributed by atoms with E-state index in [1.165, 1.54) is 0 Å². The first-order chi connectivity index (χ1) is 9.10. The number of pyridine rings is 1. The van der Waals surface area contributed by atoms with Gasteiger partial charge in [-0.3, -0.25) is 0 Å². The number of aromatic nitrogens is 1. The van der Waals surface area contributed by atoms with Gasteiger partial charge in [-0.25, -0.2) is 4.98 Å². The summed E-state index contributed by atoms with van der Waals surface area (Å²) in [5.41, 5.74) is 9.80. The summed E-state index contributed by atoms with van der Waals surface area (Å²) >= 11 is 5.85. The number of benzene rings is 1. The number of halogens is 1. The van der Waals surface area contributed by atoms with Crippen LogP contribution in [0.1, 0.15) is 22.4 Å². The molecule has 0 unspecified atom stereocenters. The second-order valence-electron chi connectivity index (χ2n) is 4.48. The first kappa shape index (κ1) is 13.8. The molecule has 3 nitrogen and oxygen atoms in total. The average molecular weight is 277 g/mol. The SMILES string of the molecule is Cc1cc(C)c(CN)c(OCc2ccc(Cl)cc2)n1. The summed E-state index contributed by atoms with van der Waals surface area (Å²) in [5.74, 6) is 0.620. The Hall–Kier alpha value is -1.58. The molecule has 1 heterocycles. The van der Waals surface area contributed by atoms with Gasteiger partial charge in [-0.2, -0.15) is 0 Å². The maximum Gasteiger partial charge on any atom is 0.218 e. The average Bonchev–Trinajstić information content (AvgIpc) is 2.37. The minimum Gasteiger partial charge on any atom is -0.473 e. The van der Waals surface area contributed by atoms with Gasteiger partial charge >= 0.3 is 0 Å². The zero-order valence-corrected chi connectivity index (χ0v) is 11.9. The second-order valence-corrected chi connectivity index (χ2v) is 4.92. The van der Waals surface area contributed by atoms with Crippen molar-refractivity contribution in [2.75, 3.05) is 0 Å². The van der Waals surface area contributed by atoms with Crippen molar-refractivity contribution in [3.8, 4) is 5.88 Å². The van der Waals surface area contributed by atoms with Gasteiger partial charge < -0.3 is 10.5 Å². The Kier molecular flexibility index (Phi) is 4.40. The molecule has 2 aromatic rings. The van der Waals surface area contributed by atoms with Crippen LogP contribution in [0.3, 0.4) is 0 Å². The highest BCUT2D eigenvalue weighted by atomic mass is 35.5. The predicted octanol–water partition coefficient (Wildman–Crippen LogP) is 3.39. The number of hydrogen-bond acceptors (Lipinski definition) is 3. The van der Waals surface area contributed by atoms with Crippen molar-refractivity contribution in [2.45, 2.75) is 27.0 Å². The van der Waals surface area contributed by atoms with Crippen LogP contribution >= 0.6 is 11.6 Å². The van der Waals surface area contributed by atoms with Gasteiger partial charge in [-0.15, -0.1) is 0 Å². The zero-order chi connectivity index (χ0) is 13.8. The molecule has 0 aliphatic rings. The lowest BCUT2D eigenvalue weighted by Crippen LogP contribution is -2.07. The Labute approximate surface area is 118 Å². The molecule has 19 heavy (non-hydrogen) atoms. The van der Waals surface area contributed by atoms with E-state index in [0.29, 0.717) is 19.0 Å². The number of rotatable bonds is 4. The topological polar surface area (TPSA) is 48.1 Å². The largest absolute Gasteiger partial charge is 0.473 e. The summed E-state index contributed by atoms with van der Waals surface area (Å²) in [5, 5.41) is 0.718. The van der Waals surface area contributed by atoms with Crippen molar-refractivity contribution in [3.05, 3.63) is 57.7 Å². The van der Waals surface area contributed by atoms with Gasteiger partial charge in [0.05, 0.1) is 0 Å². The molecule has 100 valence electrons. The van der Waals surface area contributed by atoms with E-state index in [4.69, 9.17) is 22.1 Å². The number of ether oxygens (including phenoxy) is 1. The molecule has 0 aliphatic heterocycles. The zero-order valence-electron chi connectivity index (χ0n) is 11.1. The number of aryl methyl sites for hydroxylation is 2. The van der Waals surface area contributed by atoms with Gasteiger partial charge in [-0.1, -0.05) is 23.7 Å². The highest BCUT2D eigenvalue weighted by Crippen LogP contribution is 2.21. The molecular formula is C15H17ClN2O. The molecule has 0 aliphatic carbocycles. The van der Waals surface area contributed by atoms with Crippen LogP contribution in [0.15, 0.2) is 30.3 Å². The minimum absolute atomic E-state index is 0.426. The van der Waals surface area contributed by atoms with Crippen molar-refractivity contribution >= 4 is 11.6 Å². The summed E-state index contributed by atoms with van der Waals surface area (Å²) in [7, 11) is 0. The van der Waals surface area contributed by atoms with Gasteiger partial charge in [0, 0.05) is 22.8 Å². The number of nitrogens with zero attached hydrogens (tertiary/aromatic N) is 1. The summed E-state index contributed by atoms with van der Waals surface area (Å²) in [6.45, 7) is 4.85. The standard InChI is InChI=1S/C15H17ClN2O/c1-10-7-11(2)18-15(14(10)8-17)19-9-12-3-5-13(16)6-4-12/h3-7H,8-9,17H2,1-2H3. The molecule has 0 saturated carbocycles. The third-order valence-corrected chi connectivity index (χ3v) is 3.18. The smallest absolute Gasteiger partial charge is 0.218 e. The van der Waals surface area contributed by atoms with E-state index in [9.17, 15) is 0 Å². The first-order valence-electron chi connectivity index (χ1n) is 6.14. The van der Waals surface area contributed by atoms with Crippen LogP contribution in [0, 0.1) is 13.8 Å². The van der Waals surface area contributed by atoms with Crippen LogP contribution in [0.2, 0.25) is 5.02 Å². The maximum atomic E-state index is 5.85. The van der Waals surface area contributed by atoms with Crippen LogP contribution < -0.4 is 10.5 Å². The Morgan fingerprint density at radius 3 is 2.53 bits per heavy atom. The van der Waals surface area contributed by atoms with E-state index in [-0.39, 0.29) is 0 Å². The van der Waals surface area contributed by atoms with Gasteiger partial charge in [-0.05, 0) is 43.2 Å². The lowest BCUT2D eigenvalue weighted by Gasteiger charge is -2.12. The highest BCUT2D eigenvalue weighted by molar-refractivity contribution is 6.30. The van der Waals surface area contributed by atoms with Gasteiger partial charge in [0.15, 0.2) is 0 Å². The normalized spacial score (nSPS) is 10.5. The van der Waals surface area contributed by atoms with Crippen molar-refractivity contribution in [1.82, 2.24) is 4.98 Å². The Balaban J connectivity index is 2.17. The fourth-order valence-electron chi connectivity index (χ4n) is 1.93. The Morgan fingerprint density at radius 1 is 1.21 bits per heavy atom. The fraction of sp³-hybridized carbons (Fsp3) is 0.267. The van der Waals surface area contributed by atoms with E-state index < -0.39 is 0 Å². The van der Waals surface area contributed by atoms with Gasteiger partial charge in [0.1, 0.15) is 6.61 Å². The molecule has 1 aromatic heterocycles. The van der Waals surface area contributed by atoms with E-state index in [1.54, 1.807) is 0 Å². The third kappa shape index (κ3) is 3.46. The summed E-state index contributed by atoms with van der Waals surface area (Å²) in [4.78, 5) is 4.41. The molecule has 0 atom stereocenters. The minimum atomic E-state index is 0.426. The van der Waals surface area contributed by atoms with Crippen molar-refractivity contribution in [2.24, 2.45) is 5.73 Å². The van der Waals surface area contributed by atoms with E-state index >= 15 is 0 Å². The third-order valence-electron chi connectivity index (χ3n) is 2.93. The molecule has 0 bridgehead atoms. The molecule has 0 fully saturated rings. The Bertz CT molecular complexity index is 567. The maximum absolute atomic E-state index is 5.85. The van der Waals surface area contributed by atoms with Crippen LogP contribution in [0.5, 0.6) is 5.88 Å². The Morgan fingerprint density at radius 2 is 1.89 bits per heavy atom. The summed E-state index contributed by atoms with van der Waals surface area (Å²) < 4.78 is 5.78. The van der Waals surface area contributed by atoms with Crippen molar-refractivity contribution in [3.63, 3.8) is 0 Å². The van der Waals surface area contributed by atoms with E-state index in [0.717, 1.165) is 27.4 Å². The van der Waals surface area contributed by atoms with Crippen molar-refractivity contribution in [1.29, 1.82) is 0 Å².